The predicted molar refractivity (Wildman–Crippen MR) is 130 cm³/mol. The molecule has 0 radical (unpaired) electrons. The summed E-state index contributed by atoms with van der Waals surface area (Å²) in [5, 5.41) is 2.87. The van der Waals surface area contributed by atoms with Crippen LogP contribution >= 0.6 is 0 Å². The number of nitrogens with one attached hydrogen (secondary N) is 1. The van der Waals surface area contributed by atoms with Crippen molar-refractivity contribution in [3.05, 3.63) is 90.3 Å². The third-order valence-corrected chi connectivity index (χ3v) is 6.60. The second kappa shape index (κ2) is 10.4. The van der Waals surface area contributed by atoms with Gasteiger partial charge in [0, 0.05) is 39.0 Å². The quantitative estimate of drug-likeness (QED) is 0.595. The standard InChI is InChI=1S/C28H31N3O2/c1-29-27(33)28(19-23-10-13-24(14-11-23)25-9-5-17-30-20-25)16-6-18-31(21-28)26(32)15-12-22-7-3-2-4-8-22/h2-5,7-11,13-14,17,20H,6,12,15-16,18-19,21H2,1H3,(H,29,33)/t28-/m0/s1. The Bertz CT molecular complexity index is 1070. The lowest BCUT2D eigenvalue weighted by molar-refractivity contribution is -0.141. The highest BCUT2D eigenvalue weighted by atomic mass is 16.2. The van der Waals surface area contributed by atoms with E-state index in [9.17, 15) is 9.59 Å². The van der Waals surface area contributed by atoms with Crippen molar-refractivity contribution in [2.45, 2.75) is 32.1 Å². The molecule has 33 heavy (non-hydrogen) atoms. The highest BCUT2D eigenvalue weighted by Gasteiger charge is 2.42. The Labute approximate surface area is 195 Å². The Balaban J connectivity index is 1.47. The highest BCUT2D eigenvalue weighted by molar-refractivity contribution is 5.85. The van der Waals surface area contributed by atoms with E-state index in [2.05, 4.69) is 34.6 Å². The molecule has 1 N–H and O–H groups in total. The molecule has 1 saturated heterocycles. The maximum Gasteiger partial charge on any atom is 0.228 e. The molecular formula is C28H31N3O2. The predicted octanol–water partition coefficient (Wildman–Crippen LogP) is 4.28. The van der Waals surface area contributed by atoms with E-state index < -0.39 is 5.41 Å². The number of carbonyl (C=O) groups excluding carboxylic acids is 2. The van der Waals surface area contributed by atoms with E-state index in [1.54, 1.807) is 13.2 Å². The van der Waals surface area contributed by atoms with Crippen LogP contribution in [0.4, 0.5) is 0 Å². The summed E-state index contributed by atoms with van der Waals surface area (Å²) in [6, 6.07) is 22.4. The summed E-state index contributed by atoms with van der Waals surface area (Å²) in [5.74, 6) is 0.137. The Morgan fingerprint density at radius 3 is 2.45 bits per heavy atom. The molecule has 4 rings (SSSR count). The molecule has 5 heteroatoms. The molecule has 0 bridgehead atoms. The molecule has 5 nitrogen and oxygen atoms in total. The van der Waals surface area contributed by atoms with Crippen molar-refractivity contribution in [3.63, 3.8) is 0 Å². The van der Waals surface area contributed by atoms with Gasteiger partial charge < -0.3 is 10.2 Å². The van der Waals surface area contributed by atoms with Crippen molar-refractivity contribution in [1.82, 2.24) is 15.2 Å². The van der Waals surface area contributed by atoms with Crippen LogP contribution in [0.15, 0.2) is 79.1 Å². The second-order valence-corrected chi connectivity index (χ2v) is 8.88. The van der Waals surface area contributed by atoms with E-state index in [0.29, 0.717) is 25.9 Å². The molecule has 2 heterocycles. The van der Waals surface area contributed by atoms with Crippen LogP contribution in [-0.2, 0) is 22.4 Å². The number of hydrogen-bond acceptors (Lipinski definition) is 3. The molecule has 1 aliphatic heterocycles. The molecule has 1 atom stereocenters. The van der Waals surface area contributed by atoms with Gasteiger partial charge in [0.25, 0.3) is 0 Å². The van der Waals surface area contributed by atoms with Gasteiger partial charge in [-0.2, -0.15) is 0 Å². The number of nitrogens with zero attached hydrogens (tertiary/aromatic N) is 2. The van der Waals surface area contributed by atoms with Gasteiger partial charge >= 0.3 is 0 Å². The van der Waals surface area contributed by atoms with E-state index in [1.165, 1.54) is 0 Å². The molecule has 3 aromatic rings. The Kier molecular flexibility index (Phi) is 7.18. The summed E-state index contributed by atoms with van der Waals surface area (Å²) in [6.07, 6.45) is 7.02. The van der Waals surface area contributed by atoms with Crippen LogP contribution in [0.1, 0.15) is 30.4 Å². The molecule has 170 valence electrons. The van der Waals surface area contributed by atoms with Crippen LogP contribution in [0.25, 0.3) is 11.1 Å². The third kappa shape index (κ3) is 5.48. The lowest BCUT2D eigenvalue weighted by Gasteiger charge is -2.41. The first-order chi connectivity index (χ1) is 16.1. The first kappa shape index (κ1) is 22.7. The van der Waals surface area contributed by atoms with E-state index in [0.717, 1.165) is 41.5 Å². The fraction of sp³-hybridized carbons (Fsp3) is 0.321. The summed E-state index contributed by atoms with van der Waals surface area (Å²) in [7, 11) is 1.69. The Hall–Kier alpha value is -3.47. The number of benzene rings is 2. The summed E-state index contributed by atoms with van der Waals surface area (Å²) in [4.78, 5) is 32.2. The molecule has 0 saturated carbocycles. The SMILES string of the molecule is CNC(=O)[C@]1(Cc2ccc(-c3cccnc3)cc2)CCCN(C(=O)CCc2ccccc2)C1. The van der Waals surface area contributed by atoms with E-state index >= 15 is 0 Å². The third-order valence-electron chi connectivity index (χ3n) is 6.60. The second-order valence-electron chi connectivity index (χ2n) is 8.88. The number of carbonyl (C=O) groups is 2. The van der Waals surface area contributed by atoms with Gasteiger partial charge in [0.2, 0.25) is 11.8 Å². The van der Waals surface area contributed by atoms with Gasteiger partial charge in [-0.1, -0.05) is 60.7 Å². The molecule has 0 aliphatic carbocycles. The van der Waals surface area contributed by atoms with Crippen LogP contribution in [0.3, 0.4) is 0 Å². The topological polar surface area (TPSA) is 62.3 Å². The minimum atomic E-state index is -0.606. The molecule has 2 amide bonds. The normalized spacial score (nSPS) is 18.0. The van der Waals surface area contributed by atoms with Crippen LogP contribution < -0.4 is 5.32 Å². The summed E-state index contributed by atoms with van der Waals surface area (Å²) in [5.41, 5.74) is 3.82. The van der Waals surface area contributed by atoms with E-state index in [1.807, 2.05) is 53.6 Å². The first-order valence-corrected chi connectivity index (χ1v) is 11.6. The summed E-state index contributed by atoms with van der Waals surface area (Å²) >= 11 is 0. The lowest BCUT2D eigenvalue weighted by Crippen LogP contribution is -2.54. The minimum absolute atomic E-state index is 0.0133. The number of likely N-dealkylation sites (tertiary alicyclic amines) is 1. The van der Waals surface area contributed by atoms with Crippen molar-refractivity contribution >= 4 is 11.8 Å². The zero-order valence-corrected chi connectivity index (χ0v) is 19.2. The van der Waals surface area contributed by atoms with Crippen LogP contribution in [0.5, 0.6) is 0 Å². The number of hydrogen-bond donors (Lipinski definition) is 1. The average Bonchev–Trinajstić information content (AvgIpc) is 2.88. The van der Waals surface area contributed by atoms with E-state index in [4.69, 9.17) is 0 Å². The van der Waals surface area contributed by atoms with Crippen LogP contribution in [-0.4, -0.2) is 41.8 Å². The minimum Gasteiger partial charge on any atom is -0.359 e. The van der Waals surface area contributed by atoms with Crippen molar-refractivity contribution in [2.24, 2.45) is 5.41 Å². The van der Waals surface area contributed by atoms with Crippen molar-refractivity contribution < 1.29 is 9.59 Å². The summed E-state index contributed by atoms with van der Waals surface area (Å²) < 4.78 is 0. The molecule has 0 spiro atoms. The number of piperidine rings is 1. The van der Waals surface area contributed by atoms with Gasteiger partial charge in [-0.15, -0.1) is 0 Å². The Morgan fingerprint density at radius 1 is 0.970 bits per heavy atom. The summed E-state index contributed by atoms with van der Waals surface area (Å²) in [6.45, 7) is 1.18. The smallest absolute Gasteiger partial charge is 0.228 e. The van der Waals surface area contributed by atoms with Crippen LogP contribution in [0, 0.1) is 5.41 Å². The molecule has 1 aliphatic rings. The Morgan fingerprint density at radius 2 is 1.76 bits per heavy atom. The molecular weight excluding hydrogens is 410 g/mol. The van der Waals surface area contributed by atoms with Gasteiger partial charge in [0.1, 0.15) is 0 Å². The van der Waals surface area contributed by atoms with Gasteiger partial charge in [0.15, 0.2) is 0 Å². The van der Waals surface area contributed by atoms with E-state index in [-0.39, 0.29) is 11.8 Å². The lowest BCUT2D eigenvalue weighted by atomic mass is 9.74. The molecule has 1 aromatic heterocycles. The number of pyridine rings is 1. The monoisotopic (exact) mass is 441 g/mol. The first-order valence-electron chi connectivity index (χ1n) is 11.6. The van der Waals surface area contributed by atoms with Crippen molar-refractivity contribution in [1.29, 1.82) is 0 Å². The van der Waals surface area contributed by atoms with Gasteiger partial charge in [0.05, 0.1) is 5.41 Å². The molecule has 2 aromatic carbocycles. The number of rotatable bonds is 7. The zero-order valence-electron chi connectivity index (χ0n) is 19.2. The molecule has 1 fully saturated rings. The van der Waals surface area contributed by atoms with Gasteiger partial charge in [-0.05, 0) is 54.0 Å². The fourth-order valence-electron chi connectivity index (χ4n) is 4.81. The number of aromatic nitrogens is 1. The maximum atomic E-state index is 13.1. The highest BCUT2D eigenvalue weighted by Crippen LogP contribution is 2.35. The average molecular weight is 442 g/mol. The maximum absolute atomic E-state index is 13.1. The largest absolute Gasteiger partial charge is 0.359 e. The number of aryl methyl sites for hydroxylation is 1. The van der Waals surface area contributed by atoms with Crippen LogP contribution in [0.2, 0.25) is 0 Å². The van der Waals surface area contributed by atoms with Crippen molar-refractivity contribution in [3.8, 4) is 11.1 Å². The zero-order chi connectivity index (χ0) is 23.1. The molecule has 0 unspecified atom stereocenters. The van der Waals surface area contributed by atoms with Gasteiger partial charge in [-0.25, -0.2) is 0 Å². The van der Waals surface area contributed by atoms with Crippen molar-refractivity contribution in [2.75, 3.05) is 20.1 Å². The van der Waals surface area contributed by atoms with Gasteiger partial charge in [-0.3, -0.25) is 14.6 Å². The number of amides is 2. The fourth-order valence-corrected chi connectivity index (χ4v) is 4.81.